The summed E-state index contributed by atoms with van der Waals surface area (Å²) >= 11 is 0. The molecule has 90 valence electrons. The number of carboxylic acid groups (broad SMARTS) is 2. The average Bonchev–Trinajstić information content (AvgIpc) is 1.98. The molecule has 2 unspecified atom stereocenters. The van der Waals surface area contributed by atoms with Crippen molar-refractivity contribution < 1.29 is 49.3 Å². The molecule has 2 atom stereocenters. The van der Waals surface area contributed by atoms with Crippen LogP contribution in [-0.2, 0) is 14.2 Å². The maximum atomic E-state index is 9.77. The van der Waals surface area contributed by atoms with Crippen LogP contribution in [-0.4, -0.2) is 87.2 Å². The minimum absolute atomic E-state index is 0. The van der Waals surface area contributed by atoms with Gasteiger partial charge in [-0.05, 0) is 0 Å². The van der Waals surface area contributed by atoms with Crippen LogP contribution in [0.1, 0.15) is 0 Å². The number of phosphoric acid groups is 1. The molecule has 5 N–H and O–H groups in total. The standard InChI is InChI=1S/C4H6O6.Ca.H3O4P/c5-1(3(7)8)2(6)4(9)10;;1-5(2,3)4/h1-2,5-6H,(H,7,8)(H,9,10);;(H3,1,2,3,4)/q;+2;/p-2. The van der Waals surface area contributed by atoms with Crippen molar-refractivity contribution in [1.82, 2.24) is 0 Å². The predicted molar refractivity (Wildman–Crippen MR) is 42.9 cm³/mol. The second-order valence-corrected chi connectivity index (χ2v) is 2.97. The first-order chi connectivity index (χ1) is 6.46. The molecular weight excluding hydrogens is 279 g/mol. The fourth-order valence-electron chi connectivity index (χ4n) is 0.270. The SMILES string of the molecule is O=C(O)C(O)C(O)C(=O)O.O=P([O-])([O-])O.[Ca+2]. The van der Waals surface area contributed by atoms with Crippen molar-refractivity contribution in [3.05, 3.63) is 0 Å². The maximum Gasteiger partial charge on any atom is 2.00 e. The number of hydrogen-bond acceptors (Lipinski definition) is 7. The van der Waals surface area contributed by atoms with Crippen LogP contribution in [0.15, 0.2) is 0 Å². The first kappa shape index (κ1) is 21.5. The van der Waals surface area contributed by atoms with Crippen LogP contribution < -0.4 is 9.79 Å². The Morgan fingerprint density at radius 2 is 1.12 bits per heavy atom. The number of aliphatic hydroxyl groups is 2. The summed E-state index contributed by atoms with van der Waals surface area (Å²) in [6.07, 6.45) is -4.53. The molecule has 0 aliphatic rings. The van der Waals surface area contributed by atoms with Crippen molar-refractivity contribution >= 4 is 57.5 Å². The van der Waals surface area contributed by atoms with E-state index in [0.29, 0.717) is 0 Å². The van der Waals surface area contributed by atoms with Crippen LogP contribution in [0.3, 0.4) is 0 Å². The number of carbonyl (C=O) groups is 2. The maximum absolute atomic E-state index is 9.77. The van der Waals surface area contributed by atoms with Gasteiger partial charge < -0.3 is 39.7 Å². The minimum Gasteiger partial charge on any atom is -0.790 e. The third-order valence-electron chi connectivity index (χ3n) is 0.805. The van der Waals surface area contributed by atoms with E-state index < -0.39 is 32.0 Å². The van der Waals surface area contributed by atoms with Crippen molar-refractivity contribution in [2.45, 2.75) is 12.2 Å². The Morgan fingerprint density at radius 3 is 1.19 bits per heavy atom. The summed E-state index contributed by atoms with van der Waals surface area (Å²) in [6, 6.07) is 0. The van der Waals surface area contributed by atoms with E-state index in [0.717, 1.165) is 0 Å². The van der Waals surface area contributed by atoms with Gasteiger partial charge in [-0.1, -0.05) is 0 Å². The number of hydrogen-bond donors (Lipinski definition) is 5. The van der Waals surface area contributed by atoms with Gasteiger partial charge in [0.2, 0.25) is 0 Å². The number of aliphatic hydroxyl groups excluding tert-OH is 2. The largest absolute Gasteiger partial charge is 2.00 e. The van der Waals surface area contributed by atoms with Crippen LogP contribution in [0.5, 0.6) is 0 Å². The molecule has 0 spiro atoms. The molecule has 0 amide bonds. The van der Waals surface area contributed by atoms with Gasteiger partial charge in [0.05, 0.1) is 7.82 Å². The van der Waals surface area contributed by atoms with Gasteiger partial charge in [-0.25, -0.2) is 9.59 Å². The van der Waals surface area contributed by atoms with E-state index in [-0.39, 0.29) is 37.7 Å². The monoisotopic (exact) mass is 286 g/mol. The minimum atomic E-state index is -5.14. The smallest absolute Gasteiger partial charge is 0.790 e. The molecule has 0 radical (unpaired) electrons. The molecule has 0 fully saturated rings. The third-order valence-corrected chi connectivity index (χ3v) is 0.805. The van der Waals surface area contributed by atoms with Gasteiger partial charge in [0, 0.05) is 0 Å². The van der Waals surface area contributed by atoms with Crippen LogP contribution in [0, 0.1) is 0 Å². The van der Waals surface area contributed by atoms with E-state index in [1.165, 1.54) is 0 Å². The zero-order valence-corrected chi connectivity index (χ0v) is 10.7. The molecule has 0 heterocycles. The van der Waals surface area contributed by atoms with E-state index in [2.05, 4.69) is 0 Å². The average molecular weight is 286 g/mol. The molecule has 16 heavy (non-hydrogen) atoms. The molecular formula is C4H7CaO10P. The molecule has 10 nitrogen and oxygen atoms in total. The van der Waals surface area contributed by atoms with Crippen LogP contribution in [0.25, 0.3) is 0 Å². The van der Waals surface area contributed by atoms with Gasteiger partial charge >= 0.3 is 49.7 Å². The normalized spacial score (nSPS) is 13.6. The number of rotatable bonds is 3. The van der Waals surface area contributed by atoms with E-state index in [1.807, 2.05) is 0 Å². The molecule has 0 aromatic carbocycles. The Kier molecular flexibility index (Phi) is 12.5. The van der Waals surface area contributed by atoms with Gasteiger partial charge in [0.1, 0.15) is 0 Å². The Hall–Kier alpha value is 0.230. The Bertz CT molecular complexity index is 246. The van der Waals surface area contributed by atoms with Crippen LogP contribution in [0.4, 0.5) is 0 Å². The van der Waals surface area contributed by atoms with E-state index in [4.69, 9.17) is 39.7 Å². The van der Waals surface area contributed by atoms with Crippen molar-refractivity contribution in [2.75, 3.05) is 0 Å². The zero-order valence-electron chi connectivity index (χ0n) is 7.59. The van der Waals surface area contributed by atoms with Crippen molar-refractivity contribution in [1.29, 1.82) is 0 Å². The fraction of sp³-hybridized carbons (Fsp3) is 0.500. The van der Waals surface area contributed by atoms with Crippen molar-refractivity contribution in [2.24, 2.45) is 0 Å². The Morgan fingerprint density at radius 1 is 1.00 bits per heavy atom. The predicted octanol–water partition coefficient (Wildman–Crippen LogP) is -4.70. The molecule has 0 saturated carbocycles. The van der Waals surface area contributed by atoms with Gasteiger partial charge in [-0.3, -0.25) is 0 Å². The Labute approximate surface area is 118 Å². The van der Waals surface area contributed by atoms with Crippen molar-refractivity contribution in [3.8, 4) is 0 Å². The molecule has 0 aromatic heterocycles. The zero-order chi connectivity index (χ0) is 12.8. The summed E-state index contributed by atoms with van der Waals surface area (Å²) in [6.45, 7) is 0. The van der Waals surface area contributed by atoms with Gasteiger partial charge in [-0.2, -0.15) is 0 Å². The number of carboxylic acids is 2. The second kappa shape index (κ2) is 9.28. The molecule has 0 bridgehead atoms. The Balaban J connectivity index is -0.000000242. The second-order valence-electron chi connectivity index (χ2n) is 2.03. The van der Waals surface area contributed by atoms with Gasteiger partial charge in [-0.15, -0.1) is 0 Å². The first-order valence-electron chi connectivity index (χ1n) is 3.03. The topological polar surface area (TPSA) is 198 Å². The van der Waals surface area contributed by atoms with Crippen LogP contribution in [0.2, 0.25) is 0 Å². The van der Waals surface area contributed by atoms with Crippen molar-refractivity contribution in [3.63, 3.8) is 0 Å². The summed E-state index contributed by atoms with van der Waals surface area (Å²) in [4.78, 5) is 43.8. The van der Waals surface area contributed by atoms with Gasteiger partial charge in [0.25, 0.3) is 0 Å². The van der Waals surface area contributed by atoms with Crippen LogP contribution >= 0.6 is 7.82 Å². The summed E-state index contributed by atoms with van der Waals surface area (Å²) < 4.78 is 8.66. The van der Waals surface area contributed by atoms with E-state index >= 15 is 0 Å². The van der Waals surface area contributed by atoms with E-state index in [9.17, 15) is 9.59 Å². The molecule has 12 heteroatoms. The summed E-state index contributed by atoms with van der Waals surface area (Å²) in [5, 5.41) is 32.5. The quantitative estimate of drug-likeness (QED) is 0.248. The number of aliphatic carboxylic acids is 2. The molecule has 0 aliphatic carbocycles. The van der Waals surface area contributed by atoms with E-state index in [1.54, 1.807) is 0 Å². The van der Waals surface area contributed by atoms with Gasteiger partial charge in [0.15, 0.2) is 12.2 Å². The third kappa shape index (κ3) is 16.7. The molecule has 0 rings (SSSR count). The molecule has 0 aliphatic heterocycles. The molecule has 0 aromatic rings. The fourth-order valence-corrected chi connectivity index (χ4v) is 0.270. The molecule has 0 saturated heterocycles. The summed E-state index contributed by atoms with van der Waals surface area (Å²) in [7, 11) is -5.14. The first-order valence-corrected chi connectivity index (χ1v) is 4.53. The summed E-state index contributed by atoms with van der Waals surface area (Å²) in [5.74, 6) is -3.54. The summed E-state index contributed by atoms with van der Waals surface area (Å²) in [5.41, 5.74) is 0.